The Kier molecular flexibility index (Phi) is 9.89. The van der Waals surface area contributed by atoms with Crippen LogP contribution in [-0.2, 0) is 17.6 Å². The Morgan fingerprint density at radius 1 is 1.03 bits per heavy atom. The molecule has 5 nitrogen and oxygen atoms in total. The van der Waals surface area contributed by atoms with E-state index in [0.717, 1.165) is 37.7 Å². The number of carboxylic acid groups (broad SMARTS) is 1. The van der Waals surface area contributed by atoms with E-state index in [2.05, 4.69) is 31.2 Å². The van der Waals surface area contributed by atoms with Gasteiger partial charge in [0, 0.05) is 13.0 Å². The van der Waals surface area contributed by atoms with Crippen molar-refractivity contribution in [3.8, 4) is 0 Å². The first-order chi connectivity index (χ1) is 16.4. The van der Waals surface area contributed by atoms with Crippen molar-refractivity contribution in [1.82, 2.24) is 4.90 Å². The van der Waals surface area contributed by atoms with E-state index in [1.165, 1.54) is 12.0 Å². The predicted molar refractivity (Wildman–Crippen MR) is 135 cm³/mol. The van der Waals surface area contributed by atoms with Crippen LogP contribution in [-0.4, -0.2) is 45.7 Å². The fraction of sp³-hybridized carbons (Fsp3) is 0.448. The molecular weight excluding hydrogens is 426 g/mol. The molecule has 0 aliphatic carbocycles. The number of carbonyl (C=O) groups excluding carboxylic acids is 1. The number of aliphatic hydroxyl groups excluding tert-OH is 1. The lowest BCUT2D eigenvalue weighted by Crippen LogP contribution is -2.34. The van der Waals surface area contributed by atoms with Crippen LogP contribution in [0, 0.1) is 5.92 Å². The van der Waals surface area contributed by atoms with Crippen molar-refractivity contribution in [3.63, 3.8) is 0 Å². The van der Waals surface area contributed by atoms with Gasteiger partial charge in [-0.25, -0.2) is 4.79 Å². The second-order valence-electron chi connectivity index (χ2n) is 9.38. The van der Waals surface area contributed by atoms with Gasteiger partial charge < -0.3 is 15.1 Å². The summed E-state index contributed by atoms with van der Waals surface area (Å²) < 4.78 is 0. The van der Waals surface area contributed by atoms with E-state index in [0.29, 0.717) is 19.4 Å². The molecule has 2 aromatic rings. The van der Waals surface area contributed by atoms with Gasteiger partial charge >= 0.3 is 5.97 Å². The van der Waals surface area contributed by atoms with E-state index in [-0.39, 0.29) is 23.4 Å². The second-order valence-corrected chi connectivity index (χ2v) is 9.38. The maximum atomic E-state index is 12.4. The van der Waals surface area contributed by atoms with Crippen LogP contribution in [0.5, 0.6) is 0 Å². The summed E-state index contributed by atoms with van der Waals surface area (Å²) in [4.78, 5) is 25.3. The van der Waals surface area contributed by atoms with Gasteiger partial charge in [-0.2, -0.15) is 0 Å². The average molecular weight is 464 g/mol. The van der Waals surface area contributed by atoms with Crippen molar-refractivity contribution >= 4 is 11.9 Å². The van der Waals surface area contributed by atoms with Crippen LogP contribution < -0.4 is 0 Å². The highest BCUT2D eigenvalue weighted by atomic mass is 16.4. The Labute approximate surface area is 203 Å². The Morgan fingerprint density at radius 3 is 2.44 bits per heavy atom. The zero-order chi connectivity index (χ0) is 24.3. The van der Waals surface area contributed by atoms with Gasteiger partial charge in [0.25, 0.3) is 0 Å². The Hall–Kier alpha value is -2.92. The predicted octanol–water partition coefficient (Wildman–Crippen LogP) is 5.27. The average Bonchev–Trinajstić information content (AvgIpc) is 3.20. The molecule has 1 aliphatic rings. The summed E-state index contributed by atoms with van der Waals surface area (Å²) in [6.07, 6.45) is 10.9. The van der Waals surface area contributed by atoms with Gasteiger partial charge in [0.2, 0.25) is 5.91 Å². The van der Waals surface area contributed by atoms with Gasteiger partial charge in [-0.05, 0) is 61.3 Å². The molecule has 1 amide bonds. The number of aliphatic hydroxyl groups is 1. The number of nitrogens with zero attached hydrogens (tertiary/aromatic N) is 1. The molecule has 0 aromatic heterocycles. The highest BCUT2D eigenvalue weighted by Gasteiger charge is 2.29. The van der Waals surface area contributed by atoms with Crippen LogP contribution in [0.4, 0.5) is 0 Å². The molecule has 1 aliphatic heterocycles. The number of likely N-dealkylation sites (tertiary alicyclic amines) is 1. The minimum Gasteiger partial charge on any atom is -0.478 e. The highest BCUT2D eigenvalue weighted by molar-refractivity contribution is 5.87. The molecule has 34 heavy (non-hydrogen) atoms. The number of benzene rings is 2. The fourth-order valence-corrected chi connectivity index (χ4v) is 4.53. The topological polar surface area (TPSA) is 77.8 Å². The molecule has 1 saturated heterocycles. The quantitative estimate of drug-likeness (QED) is 0.313. The van der Waals surface area contributed by atoms with Crippen molar-refractivity contribution in [2.45, 2.75) is 70.4 Å². The molecule has 3 rings (SSSR count). The van der Waals surface area contributed by atoms with Crippen molar-refractivity contribution in [2.75, 3.05) is 6.54 Å². The first-order valence-electron chi connectivity index (χ1n) is 12.5. The maximum Gasteiger partial charge on any atom is 0.335 e. The zero-order valence-corrected chi connectivity index (χ0v) is 20.1. The molecule has 0 spiro atoms. The van der Waals surface area contributed by atoms with Crippen molar-refractivity contribution in [2.24, 2.45) is 5.92 Å². The Bertz CT molecular complexity index is 938. The number of aryl methyl sites for hydroxylation is 1. The normalized spacial score (nSPS) is 17.9. The van der Waals surface area contributed by atoms with E-state index in [4.69, 9.17) is 5.11 Å². The molecule has 1 heterocycles. The number of unbranched alkanes of at least 4 members (excludes halogenated alkanes) is 2. The number of carbonyl (C=O) groups is 2. The third kappa shape index (κ3) is 7.84. The standard InChI is InChI=1S/C29H37NO4/c1-22(8-4-2-5-9-23-10-6-3-7-11-23)27(31)18-16-26-17-19-28(32)30(26)21-20-24-12-14-25(15-13-24)29(33)34/h3,6-7,10-16,18,22,26-27,31H,2,4-5,8-9,17,19-21H2,1H3,(H,33,34)/t22-,26-,27-/m0/s1. The van der Waals surface area contributed by atoms with Gasteiger partial charge in [0.05, 0.1) is 17.7 Å². The lowest BCUT2D eigenvalue weighted by atomic mass is 9.95. The number of aromatic carboxylic acids is 1. The van der Waals surface area contributed by atoms with Crippen LogP contribution >= 0.6 is 0 Å². The maximum absolute atomic E-state index is 12.4. The monoisotopic (exact) mass is 463 g/mol. The lowest BCUT2D eigenvalue weighted by Gasteiger charge is -2.23. The molecule has 3 atom stereocenters. The summed E-state index contributed by atoms with van der Waals surface area (Å²) >= 11 is 0. The van der Waals surface area contributed by atoms with Gasteiger partial charge in [0.15, 0.2) is 0 Å². The molecule has 2 aromatic carbocycles. The van der Waals surface area contributed by atoms with Gasteiger partial charge in [0.1, 0.15) is 0 Å². The Balaban J connectivity index is 1.40. The van der Waals surface area contributed by atoms with Crippen LogP contribution in [0.2, 0.25) is 0 Å². The molecular formula is C29H37NO4. The van der Waals surface area contributed by atoms with Gasteiger partial charge in [-0.15, -0.1) is 0 Å². The van der Waals surface area contributed by atoms with Crippen LogP contribution in [0.1, 0.15) is 66.9 Å². The molecule has 182 valence electrons. The van der Waals surface area contributed by atoms with Crippen LogP contribution in [0.3, 0.4) is 0 Å². The minimum absolute atomic E-state index is 0.0125. The number of rotatable bonds is 13. The Morgan fingerprint density at radius 2 is 1.74 bits per heavy atom. The van der Waals surface area contributed by atoms with E-state index < -0.39 is 12.1 Å². The molecule has 0 saturated carbocycles. The smallest absolute Gasteiger partial charge is 0.335 e. The third-order valence-corrected chi connectivity index (χ3v) is 6.80. The number of amides is 1. The molecule has 1 fully saturated rings. The van der Waals surface area contributed by atoms with Crippen molar-refractivity contribution < 1.29 is 19.8 Å². The van der Waals surface area contributed by atoms with Crippen molar-refractivity contribution in [1.29, 1.82) is 0 Å². The summed E-state index contributed by atoms with van der Waals surface area (Å²) in [6.45, 7) is 2.68. The number of hydrogen-bond acceptors (Lipinski definition) is 3. The molecule has 0 radical (unpaired) electrons. The van der Waals surface area contributed by atoms with E-state index in [1.807, 2.05) is 23.1 Å². The molecule has 5 heteroatoms. The number of hydrogen-bond donors (Lipinski definition) is 2. The molecule has 0 bridgehead atoms. The first kappa shape index (κ1) is 25.7. The van der Waals surface area contributed by atoms with Crippen LogP contribution in [0.25, 0.3) is 0 Å². The van der Waals surface area contributed by atoms with E-state index >= 15 is 0 Å². The van der Waals surface area contributed by atoms with Gasteiger partial charge in [-0.3, -0.25) is 4.79 Å². The summed E-state index contributed by atoms with van der Waals surface area (Å²) in [6, 6.07) is 17.4. The second kappa shape index (κ2) is 13.1. The lowest BCUT2D eigenvalue weighted by molar-refractivity contribution is -0.128. The van der Waals surface area contributed by atoms with Crippen LogP contribution in [0.15, 0.2) is 66.7 Å². The third-order valence-electron chi connectivity index (χ3n) is 6.80. The van der Waals surface area contributed by atoms with Gasteiger partial charge in [-0.1, -0.05) is 74.4 Å². The first-order valence-corrected chi connectivity index (χ1v) is 12.5. The summed E-state index contributed by atoms with van der Waals surface area (Å²) in [5.41, 5.74) is 2.65. The summed E-state index contributed by atoms with van der Waals surface area (Å²) in [5, 5.41) is 19.6. The SMILES string of the molecule is C[C@@H](CCCCCc1ccccc1)[C@@H](O)C=C[C@H]1CCC(=O)N1CCc1ccc(C(=O)O)cc1. The molecule has 0 unspecified atom stereocenters. The summed E-state index contributed by atoms with van der Waals surface area (Å²) in [7, 11) is 0. The number of carboxylic acids is 1. The van der Waals surface area contributed by atoms with E-state index in [1.54, 1.807) is 24.3 Å². The molecule has 2 N–H and O–H groups in total. The van der Waals surface area contributed by atoms with E-state index in [9.17, 15) is 14.7 Å². The zero-order valence-electron chi connectivity index (χ0n) is 20.1. The highest BCUT2D eigenvalue weighted by Crippen LogP contribution is 2.22. The minimum atomic E-state index is -0.938. The van der Waals surface area contributed by atoms with Crippen molar-refractivity contribution in [3.05, 3.63) is 83.4 Å². The fourth-order valence-electron chi connectivity index (χ4n) is 4.53. The summed E-state index contributed by atoms with van der Waals surface area (Å²) in [5.74, 6) is -0.615. The largest absolute Gasteiger partial charge is 0.478 e.